The minimum Gasteiger partial charge on any atom is -0.308 e. The van der Waals surface area contributed by atoms with E-state index in [-0.39, 0.29) is 5.41 Å². The smallest absolute Gasteiger partial charge is 0.0871 e. The molecule has 0 radical (unpaired) electrons. The highest BCUT2D eigenvalue weighted by atomic mass is 32.1. The summed E-state index contributed by atoms with van der Waals surface area (Å²) in [6.45, 7) is 4.74. The number of fused-ring (bicyclic) bond motifs is 13. The van der Waals surface area contributed by atoms with Crippen LogP contribution in [0.1, 0.15) is 25.0 Å². The normalized spacial score (nSPS) is 13.8. The van der Waals surface area contributed by atoms with Crippen LogP contribution in [-0.4, -0.2) is 14.0 Å². The lowest BCUT2D eigenvalue weighted by atomic mass is 9.82. The lowest BCUT2D eigenvalue weighted by Gasteiger charge is -2.21. The molecule has 0 fully saturated rings. The van der Waals surface area contributed by atoms with Crippen molar-refractivity contribution in [1.82, 2.24) is 14.0 Å². The van der Waals surface area contributed by atoms with Crippen LogP contribution in [0.5, 0.6) is 0 Å². The average Bonchev–Trinajstić information content (AvgIpc) is 3.83. The summed E-state index contributed by atoms with van der Waals surface area (Å²) in [4.78, 5) is 4.91. The molecular formula is C44H29N3S. The van der Waals surface area contributed by atoms with Gasteiger partial charge in [-0.2, -0.15) is 0 Å². The summed E-state index contributed by atoms with van der Waals surface area (Å²) >= 11 is 1.91. The van der Waals surface area contributed by atoms with Gasteiger partial charge < -0.3 is 8.97 Å². The molecule has 0 saturated carbocycles. The SMILES string of the molecule is CC1(C)c2ccccc2-c2cc3c(cc21)c1sc2ccccc2c1n3-c1cccc(-c2c3ccccc3n3c2cnc2ccccc23)c1. The molecule has 1 aliphatic carbocycles. The van der Waals surface area contributed by atoms with Gasteiger partial charge in [0.25, 0.3) is 0 Å². The van der Waals surface area contributed by atoms with Gasteiger partial charge in [0.05, 0.1) is 44.0 Å². The maximum atomic E-state index is 4.91. The zero-order valence-electron chi connectivity index (χ0n) is 26.5. The van der Waals surface area contributed by atoms with Crippen molar-refractivity contribution in [2.45, 2.75) is 19.3 Å². The molecule has 226 valence electrons. The molecule has 0 bridgehead atoms. The Balaban J connectivity index is 1.24. The van der Waals surface area contributed by atoms with Gasteiger partial charge in [-0.25, -0.2) is 0 Å². The van der Waals surface area contributed by atoms with Gasteiger partial charge in [0, 0.05) is 37.5 Å². The van der Waals surface area contributed by atoms with E-state index in [4.69, 9.17) is 4.98 Å². The molecule has 3 nitrogen and oxygen atoms in total. The van der Waals surface area contributed by atoms with Crippen LogP contribution >= 0.6 is 11.3 Å². The predicted molar refractivity (Wildman–Crippen MR) is 203 cm³/mol. The van der Waals surface area contributed by atoms with E-state index in [0.29, 0.717) is 0 Å². The molecule has 0 saturated heterocycles. The minimum atomic E-state index is -0.0547. The highest BCUT2D eigenvalue weighted by Gasteiger charge is 2.36. The van der Waals surface area contributed by atoms with Gasteiger partial charge in [-0.1, -0.05) is 98.8 Å². The van der Waals surface area contributed by atoms with Gasteiger partial charge in [0.1, 0.15) is 0 Å². The Bertz CT molecular complexity index is 2990. The molecule has 6 aromatic carbocycles. The van der Waals surface area contributed by atoms with E-state index in [9.17, 15) is 0 Å². The molecule has 0 atom stereocenters. The molecule has 4 heteroatoms. The lowest BCUT2D eigenvalue weighted by molar-refractivity contribution is 0.661. The Morgan fingerprint density at radius 1 is 0.583 bits per heavy atom. The molecule has 11 rings (SSSR count). The number of aromatic nitrogens is 3. The molecule has 4 aromatic heterocycles. The van der Waals surface area contributed by atoms with Gasteiger partial charge in [0.2, 0.25) is 0 Å². The number of rotatable bonds is 2. The van der Waals surface area contributed by atoms with Gasteiger partial charge in [0.15, 0.2) is 0 Å². The Morgan fingerprint density at radius 2 is 1.35 bits per heavy atom. The van der Waals surface area contributed by atoms with Crippen LogP contribution in [-0.2, 0) is 5.41 Å². The summed E-state index contributed by atoms with van der Waals surface area (Å²) < 4.78 is 7.56. The summed E-state index contributed by atoms with van der Waals surface area (Å²) in [6, 6.07) is 49.1. The number of benzene rings is 6. The van der Waals surface area contributed by atoms with Crippen molar-refractivity contribution >= 4 is 70.0 Å². The van der Waals surface area contributed by atoms with E-state index in [0.717, 1.165) is 16.6 Å². The molecular weight excluding hydrogens is 603 g/mol. The number of hydrogen-bond donors (Lipinski definition) is 0. The van der Waals surface area contributed by atoms with Crippen LogP contribution in [0.15, 0.2) is 140 Å². The van der Waals surface area contributed by atoms with Crippen molar-refractivity contribution in [3.05, 3.63) is 151 Å². The highest BCUT2D eigenvalue weighted by Crippen LogP contribution is 2.52. The largest absolute Gasteiger partial charge is 0.308 e. The molecule has 0 amide bonds. The predicted octanol–water partition coefficient (Wildman–Crippen LogP) is 11.9. The molecule has 4 heterocycles. The number of para-hydroxylation sites is 3. The molecule has 0 N–H and O–H groups in total. The first kappa shape index (κ1) is 26.4. The fraction of sp³-hybridized carbons (Fsp3) is 0.0682. The zero-order valence-corrected chi connectivity index (χ0v) is 27.3. The Hall–Kier alpha value is -5.71. The second-order valence-corrected chi connectivity index (χ2v) is 14.7. The second kappa shape index (κ2) is 9.21. The van der Waals surface area contributed by atoms with Crippen molar-refractivity contribution in [3.63, 3.8) is 0 Å². The summed E-state index contributed by atoms with van der Waals surface area (Å²) in [6.07, 6.45) is 2.04. The topological polar surface area (TPSA) is 22.2 Å². The Labute approximate surface area is 280 Å². The molecule has 48 heavy (non-hydrogen) atoms. The summed E-state index contributed by atoms with van der Waals surface area (Å²) in [5.41, 5.74) is 16.0. The first-order valence-electron chi connectivity index (χ1n) is 16.6. The first-order chi connectivity index (χ1) is 23.6. The maximum absolute atomic E-state index is 4.91. The van der Waals surface area contributed by atoms with Crippen LogP contribution in [0.3, 0.4) is 0 Å². The van der Waals surface area contributed by atoms with Crippen molar-refractivity contribution in [2.75, 3.05) is 0 Å². The molecule has 10 aromatic rings. The minimum absolute atomic E-state index is 0.0547. The fourth-order valence-corrected chi connectivity index (χ4v) is 9.78. The van der Waals surface area contributed by atoms with E-state index >= 15 is 0 Å². The standard InChI is InChI=1S/C44H29N3S/c1-44(2)33-17-6-3-14-28(33)31-24-38-32(23-34(31)44)43-42(30-16-5-10-21-40(30)48-43)46(38)27-13-11-12-26(22-27)41-29-15-4-8-19-36(29)47-37-20-9-7-18-35(37)45-25-39(41)47/h3-25H,1-2H3. The van der Waals surface area contributed by atoms with Crippen LogP contribution in [0.25, 0.3) is 86.6 Å². The number of thiophene rings is 1. The highest BCUT2D eigenvalue weighted by molar-refractivity contribution is 7.26. The van der Waals surface area contributed by atoms with E-state index in [1.165, 1.54) is 81.2 Å². The van der Waals surface area contributed by atoms with Crippen molar-refractivity contribution < 1.29 is 0 Å². The van der Waals surface area contributed by atoms with E-state index in [1.807, 2.05) is 17.5 Å². The number of hydrogen-bond acceptors (Lipinski definition) is 2. The van der Waals surface area contributed by atoms with Crippen LogP contribution < -0.4 is 0 Å². The van der Waals surface area contributed by atoms with Gasteiger partial charge in [-0.3, -0.25) is 4.98 Å². The van der Waals surface area contributed by atoms with Crippen molar-refractivity contribution in [3.8, 4) is 27.9 Å². The molecule has 0 aliphatic heterocycles. The summed E-state index contributed by atoms with van der Waals surface area (Å²) in [5, 5.41) is 3.86. The van der Waals surface area contributed by atoms with Gasteiger partial charge >= 0.3 is 0 Å². The summed E-state index contributed by atoms with van der Waals surface area (Å²) in [7, 11) is 0. The van der Waals surface area contributed by atoms with E-state index < -0.39 is 0 Å². The van der Waals surface area contributed by atoms with Crippen molar-refractivity contribution in [2.24, 2.45) is 0 Å². The fourth-order valence-electron chi connectivity index (χ4n) is 8.57. The van der Waals surface area contributed by atoms with E-state index in [2.05, 4.69) is 156 Å². The summed E-state index contributed by atoms with van der Waals surface area (Å²) in [5.74, 6) is 0. The third kappa shape index (κ3) is 3.30. The van der Waals surface area contributed by atoms with E-state index in [1.54, 1.807) is 0 Å². The average molecular weight is 632 g/mol. The zero-order chi connectivity index (χ0) is 31.7. The maximum Gasteiger partial charge on any atom is 0.0871 e. The van der Waals surface area contributed by atoms with Crippen LogP contribution in [0.4, 0.5) is 0 Å². The molecule has 0 spiro atoms. The Morgan fingerprint density at radius 3 is 2.27 bits per heavy atom. The molecule has 1 aliphatic rings. The molecule has 0 unspecified atom stereocenters. The third-order valence-corrected chi connectivity index (χ3v) is 11.9. The van der Waals surface area contributed by atoms with Gasteiger partial charge in [-0.05, 0) is 76.3 Å². The Kier molecular flexibility index (Phi) is 5.06. The van der Waals surface area contributed by atoms with Crippen molar-refractivity contribution in [1.29, 1.82) is 0 Å². The lowest BCUT2D eigenvalue weighted by Crippen LogP contribution is -2.14. The van der Waals surface area contributed by atoms with Crippen LogP contribution in [0.2, 0.25) is 0 Å². The van der Waals surface area contributed by atoms with Gasteiger partial charge in [-0.15, -0.1) is 11.3 Å². The first-order valence-corrected chi connectivity index (χ1v) is 17.4. The second-order valence-electron chi connectivity index (χ2n) is 13.6. The quantitative estimate of drug-likeness (QED) is 0.186. The number of nitrogens with zero attached hydrogens (tertiary/aromatic N) is 3. The monoisotopic (exact) mass is 631 g/mol. The van der Waals surface area contributed by atoms with Crippen LogP contribution in [0, 0.1) is 0 Å². The third-order valence-electron chi connectivity index (χ3n) is 10.7.